The third kappa shape index (κ3) is 6.54. The van der Waals surface area contributed by atoms with E-state index in [1.54, 1.807) is 6.08 Å². The molecule has 0 radical (unpaired) electrons. The highest BCUT2D eigenvalue weighted by atomic mass is 16.2. The van der Waals surface area contributed by atoms with Gasteiger partial charge in [-0.3, -0.25) is 9.59 Å². The van der Waals surface area contributed by atoms with Crippen LogP contribution in [0, 0.1) is 5.92 Å². The number of nitrogens with one attached hydrogen (secondary N) is 1. The van der Waals surface area contributed by atoms with Crippen LogP contribution >= 0.6 is 0 Å². The Labute approximate surface area is 192 Å². The molecule has 1 aliphatic heterocycles. The molecule has 32 heavy (non-hydrogen) atoms. The van der Waals surface area contributed by atoms with E-state index in [1.807, 2.05) is 55.4 Å². The molecule has 1 unspecified atom stereocenters. The van der Waals surface area contributed by atoms with Crippen LogP contribution in [0.2, 0.25) is 0 Å². The normalized spacial score (nSPS) is 15.8. The molecule has 0 saturated carbocycles. The third-order valence-electron chi connectivity index (χ3n) is 6.26. The summed E-state index contributed by atoms with van der Waals surface area (Å²) in [5.41, 5.74) is 3.53. The van der Waals surface area contributed by atoms with Gasteiger partial charge in [0.15, 0.2) is 0 Å². The third-order valence-corrected chi connectivity index (χ3v) is 6.26. The Morgan fingerprint density at radius 3 is 2.31 bits per heavy atom. The summed E-state index contributed by atoms with van der Waals surface area (Å²) in [6.07, 6.45) is 5.90. The first-order valence-corrected chi connectivity index (χ1v) is 11.5. The Kier molecular flexibility index (Phi) is 8.63. The summed E-state index contributed by atoms with van der Waals surface area (Å²) in [7, 11) is 4.08. The lowest BCUT2D eigenvalue weighted by Crippen LogP contribution is -2.44. The number of benzene rings is 2. The van der Waals surface area contributed by atoms with Crippen molar-refractivity contribution in [2.24, 2.45) is 5.92 Å². The van der Waals surface area contributed by atoms with E-state index in [2.05, 4.69) is 41.4 Å². The fourth-order valence-electron chi connectivity index (χ4n) is 4.11. The van der Waals surface area contributed by atoms with Crippen molar-refractivity contribution in [3.63, 3.8) is 0 Å². The van der Waals surface area contributed by atoms with Crippen LogP contribution in [0.5, 0.6) is 0 Å². The Morgan fingerprint density at radius 1 is 1.06 bits per heavy atom. The van der Waals surface area contributed by atoms with Gasteiger partial charge in [0.05, 0.1) is 6.04 Å². The van der Waals surface area contributed by atoms with Crippen LogP contribution in [-0.4, -0.2) is 55.3 Å². The molecule has 0 aromatic heterocycles. The number of piperidine rings is 1. The maximum Gasteiger partial charge on any atom is 0.246 e. The van der Waals surface area contributed by atoms with Gasteiger partial charge in [0.25, 0.3) is 0 Å². The van der Waals surface area contributed by atoms with Crippen LogP contribution in [0.3, 0.4) is 0 Å². The number of nitrogens with zero attached hydrogens (tertiary/aromatic N) is 2. The summed E-state index contributed by atoms with van der Waals surface area (Å²) in [6.45, 7) is 3.96. The fourth-order valence-corrected chi connectivity index (χ4v) is 4.11. The fraction of sp³-hybridized carbons (Fsp3) is 0.407. The van der Waals surface area contributed by atoms with Crippen molar-refractivity contribution in [3.05, 3.63) is 77.4 Å². The second-order valence-corrected chi connectivity index (χ2v) is 8.66. The van der Waals surface area contributed by atoms with E-state index in [1.165, 1.54) is 11.1 Å². The van der Waals surface area contributed by atoms with Crippen molar-refractivity contribution in [1.82, 2.24) is 15.1 Å². The van der Waals surface area contributed by atoms with Gasteiger partial charge in [0.1, 0.15) is 0 Å². The Morgan fingerprint density at radius 2 is 1.72 bits per heavy atom. The predicted octanol–water partition coefficient (Wildman–Crippen LogP) is 3.92. The predicted molar refractivity (Wildman–Crippen MR) is 130 cm³/mol. The van der Waals surface area contributed by atoms with Gasteiger partial charge in [0, 0.05) is 31.6 Å². The second-order valence-electron chi connectivity index (χ2n) is 8.66. The van der Waals surface area contributed by atoms with E-state index in [9.17, 15) is 9.59 Å². The summed E-state index contributed by atoms with van der Waals surface area (Å²) >= 11 is 0. The van der Waals surface area contributed by atoms with Crippen molar-refractivity contribution in [2.45, 2.75) is 32.2 Å². The lowest BCUT2D eigenvalue weighted by molar-refractivity contribution is -0.132. The topological polar surface area (TPSA) is 52.7 Å². The van der Waals surface area contributed by atoms with E-state index in [0.717, 1.165) is 12.0 Å². The molecule has 0 aliphatic carbocycles. The highest BCUT2D eigenvalue weighted by molar-refractivity contribution is 5.92. The molecular formula is C27H35N3O2. The highest BCUT2D eigenvalue weighted by Gasteiger charge is 2.27. The van der Waals surface area contributed by atoms with Gasteiger partial charge >= 0.3 is 0 Å². The van der Waals surface area contributed by atoms with Crippen LogP contribution in [-0.2, 0) is 16.0 Å². The minimum absolute atomic E-state index is 0.0101. The van der Waals surface area contributed by atoms with E-state index in [-0.39, 0.29) is 23.8 Å². The molecule has 5 heteroatoms. The molecule has 3 rings (SSSR count). The molecule has 1 atom stereocenters. The molecule has 170 valence electrons. The largest absolute Gasteiger partial charge is 0.354 e. The summed E-state index contributed by atoms with van der Waals surface area (Å²) in [5.74, 6) is 0.0623. The first kappa shape index (κ1) is 23.7. The number of rotatable bonds is 8. The van der Waals surface area contributed by atoms with Crippen LogP contribution in [0.25, 0.3) is 6.08 Å². The van der Waals surface area contributed by atoms with E-state index < -0.39 is 0 Å². The molecule has 2 aromatic carbocycles. The summed E-state index contributed by atoms with van der Waals surface area (Å²) in [6, 6.07) is 18.6. The minimum Gasteiger partial charge on any atom is -0.354 e. The van der Waals surface area contributed by atoms with Gasteiger partial charge in [0.2, 0.25) is 11.8 Å². The average molecular weight is 434 g/mol. The molecule has 1 heterocycles. The number of aryl methyl sites for hydroxylation is 1. The zero-order valence-corrected chi connectivity index (χ0v) is 19.5. The first-order valence-electron chi connectivity index (χ1n) is 11.5. The molecule has 2 amide bonds. The van der Waals surface area contributed by atoms with E-state index >= 15 is 0 Å². The number of likely N-dealkylation sites (N-methyl/N-ethyl adjacent to an activating group) is 1. The minimum atomic E-state index is -0.0394. The van der Waals surface area contributed by atoms with E-state index in [0.29, 0.717) is 32.5 Å². The number of amides is 2. The molecule has 2 aromatic rings. The smallest absolute Gasteiger partial charge is 0.246 e. The van der Waals surface area contributed by atoms with Crippen molar-refractivity contribution in [1.29, 1.82) is 0 Å². The zero-order valence-electron chi connectivity index (χ0n) is 19.5. The maximum atomic E-state index is 12.8. The Bertz CT molecular complexity index is 898. The van der Waals surface area contributed by atoms with Gasteiger partial charge < -0.3 is 15.1 Å². The molecule has 1 aliphatic rings. The second kappa shape index (κ2) is 11.6. The number of hydrogen-bond donors (Lipinski definition) is 1. The molecule has 1 N–H and O–H groups in total. The van der Waals surface area contributed by atoms with Gasteiger partial charge in [-0.15, -0.1) is 0 Å². The van der Waals surface area contributed by atoms with Gasteiger partial charge in [-0.25, -0.2) is 0 Å². The quantitative estimate of drug-likeness (QED) is 0.642. The van der Waals surface area contributed by atoms with Crippen LogP contribution in [0.15, 0.2) is 60.7 Å². The summed E-state index contributed by atoms with van der Waals surface area (Å²) in [5, 5.41) is 3.15. The van der Waals surface area contributed by atoms with Crippen LogP contribution < -0.4 is 5.32 Å². The van der Waals surface area contributed by atoms with Gasteiger partial charge in [-0.05, 0) is 56.1 Å². The van der Waals surface area contributed by atoms with Crippen LogP contribution in [0.4, 0.5) is 0 Å². The van der Waals surface area contributed by atoms with Crippen molar-refractivity contribution < 1.29 is 9.59 Å². The van der Waals surface area contributed by atoms with Gasteiger partial charge in [-0.2, -0.15) is 0 Å². The van der Waals surface area contributed by atoms with Crippen molar-refractivity contribution in [3.8, 4) is 0 Å². The van der Waals surface area contributed by atoms with Gasteiger partial charge in [-0.1, -0.05) is 61.5 Å². The Hall–Kier alpha value is -2.92. The zero-order chi connectivity index (χ0) is 22.9. The highest BCUT2D eigenvalue weighted by Crippen LogP contribution is 2.21. The molecule has 0 spiro atoms. The standard InChI is InChI=1S/C27H35N3O2/c1-4-21-10-13-23(14-11-21)25(29(2)3)20-28-27(32)24-16-18-30(19-17-24)26(31)15-12-22-8-6-5-7-9-22/h5-15,24-25H,4,16-20H2,1-3H3,(H,28,32)/b15-12+. The lowest BCUT2D eigenvalue weighted by atomic mass is 9.95. The first-order chi connectivity index (χ1) is 15.5. The molecule has 0 bridgehead atoms. The number of carbonyl (C=O) groups excluding carboxylic acids is 2. The Balaban J connectivity index is 1.48. The summed E-state index contributed by atoms with van der Waals surface area (Å²) in [4.78, 5) is 29.2. The molecular weight excluding hydrogens is 398 g/mol. The van der Waals surface area contributed by atoms with Crippen molar-refractivity contribution >= 4 is 17.9 Å². The number of likely N-dealkylation sites (tertiary alicyclic amines) is 1. The summed E-state index contributed by atoms with van der Waals surface area (Å²) < 4.78 is 0. The molecule has 1 fully saturated rings. The number of hydrogen-bond acceptors (Lipinski definition) is 3. The monoisotopic (exact) mass is 433 g/mol. The number of carbonyl (C=O) groups is 2. The molecule has 1 saturated heterocycles. The molecule has 5 nitrogen and oxygen atoms in total. The SMILES string of the molecule is CCc1ccc(C(CNC(=O)C2CCN(C(=O)/C=C/c3ccccc3)CC2)N(C)C)cc1. The van der Waals surface area contributed by atoms with Crippen molar-refractivity contribution in [2.75, 3.05) is 33.7 Å². The maximum absolute atomic E-state index is 12.8. The van der Waals surface area contributed by atoms with E-state index in [4.69, 9.17) is 0 Å². The van der Waals surface area contributed by atoms with Crippen LogP contribution in [0.1, 0.15) is 42.5 Å². The lowest BCUT2D eigenvalue weighted by Gasteiger charge is -2.31. The average Bonchev–Trinajstić information content (AvgIpc) is 2.83.